The molecule has 0 aliphatic carbocycles. The Balaban J connectivity index is 2.31. The summed E-state index contributed by atoms with van der Waals surface area (Å²) in [4.78, 5) is 0. The van der Waals surface area contributed by atoms with Gasteiger partial charge in [-0.2, -0.15) is 0 Å². The predicted molar refractivity (Wildman–Crippen MR) is 81.0 cm³/mol. The fourth-order valence-corrected chi connectivity index (χ4v) is 2.78. The number of hydrogen-bond acceptors (Lipinski definition) is 1. The number of rotatable bonds is 4. The molecule has 0 aliphatic rings. The quantitative estimate of drug-likeness (QED) is 0.819. The van der Waals surface area contributed by atoms with E-state index in [2.05, 4.69) is 21.2 Å². The summed E-state index contributed by atoms with van der Waals surface area (Å²) >= 11 is 9.38. The van der Waals surface area contributed by atoms with E-state index >= 15 is 0 Å². The van der Waals surface area contributed by atoms with E-state index in [1.54, 1.807) is 25.2 Å². The third-order valence-electron chi connectivity index (χ3n) is 3.12. The van der Waals surface area contributed by atoms with Crippen LogP contribution >= 0.6 is 27.5 Å². The van der Waals surface area contributed by atoms with Gasteiger partial charge >= 0.3 is 0 Å². The van der Waals surface area contributed by atoms with Crippen LogP contribution in [0.5, 0.6) is 0 Å². The van der Waals surface area contributed by atoms with Crippen LogP contribution in [0.1, 0.15) is 17.2 Å². The van der Waals surface area contributed by atoms with Crippen LogP contribution < -0.4 is 5.32 Å². The van der Waals surface area contributed by atoms with Crippen LogP contribution in [0.15, 0.2) is 40.9 Å². The van der Waals surface area contributed by atoms with Gasteiger partial charge in [-0.1, -0.05) is 33.6 Å². The molecular formula is C15H13BrClF2N. The van der Waals surface area contributed by atoms with E-state index in [1.165, 1.54) is 18.2 Å². The number of hydrogen-bond donors (Lipinski definition) is 1. The molecular weight excluding hydrogens is 348 g/mol. The zero-order valence-corrected chi connectivity index (χ0v) is 13.1. The molecule has 1 N–H and O–H groups in total. The van der Waals surface area contributed by atoms with Crippen molar-refractivity contribution >= 4 is 27.5 Å². The highest BCUT2D eigenvalue weighted by Gasteiger charge is 2.16. The molecule has 0 saturated heterocycles. The maximum absolute atomic E-state index is 13.8. The Kier molecular flexibility index (Phi) is 5.13. The summed E-state index contributed by atoms with van der Waals surface area (Å²) in [6, 6.07) is 8.84. The Morgan fingerprint density at radius 1 is 1.20 bits per heavy atom. The number of likely N-dealkylation sites (N-methyl/N-ethyl adjacent to an activating group) is 1. The van der Waals surface area contributed by atoms with E-state index < -0.39 is 0 Å². The molecule has 0 amide bonds. The molecule has 0 spiro atoms. The molecule has 1 atom stereocenters. The van der Waals surface area contributed by atoms with E-state index in [-0.39, 0.29) is 17.7 Å². The second kappa shape index (κ2) is 6.66. The van der Waals surface area contributed by atoms with Gasteiger partial charge in [0, 0.05) is 15.5 Å². The lowest BCUT2D eigenvalue weighted by atomic mass is 9.98. The highest BCUT2D eigenvalue weighted by molar-refractivity contribution is 9.10. The van der Waals surface area contributed by atoms with E-state index in [9.17, 15) is 8.78 Å². The summed E-state index contributed by atoms with van der Waals surface area (Å²) in [5.41, 5.74) is 1.31. The van der Waals surface area contributed by atoms with Gasteiger partial charge in [-0.25, -0.2) is 8.78 Å². The topological polar surface area (TPSA) is 12.0 Å². The van der Waals surface area contributed by atoms with Gasteiger partial charge in [-0.15, -0.1) is 0 Å². The molecule has 5 heteroatoms. The molecule has 0 saturated carbocycles. The van der Waals surface area contributed by atoms with Crippen LogP contribution in [-0.2, 0) is 6.42 Å². The highest BCUT2D eigenvalue weighted by Crippen LogP contribution is 2.28. The average molecular weight is 361 g/mol. The van der Waals surface area contributed by atoms with Gasteiger partial charge in [0.1, 0.15) is 11.6 Å². The average Bonchev–Trinajstić information content (AvgIpc) is 2.40. The molecule has 2 aromatic rings. The molecule has 1 unspecified atom stereocenters. The van der Waals surface area contributed by atoms with Gasteiger partial charge in [-0.3, -0.25) is 0 Å². The van der Waals surface area contributed by atoms with Crippen molar-refractivity contribution in [3.8, 4) is 0 Å². The number of nitrogens with one attached hydrogen (secondary N) is 1. The second-order valence-corrected chi connectivity index (χ2v) is 5.77. The van der Waals surface area contributed by atoms with E-state index in [0.717, 1.165) is 10.0 Å². The molecule has 0 radical (unpaired) electrons. The normalized spacial score (nSPS) is 12.4. The van der Waals surface area contributed by atoms with Gasteiger partial charge in [0.25, 0.3) is 0 Å². The molecule has 2 rings (SSSR count). The van der Waals surface area contributed by atoms with Crippen molar-refractivity contribution in [2.24, 2.45) is 0 Å². The molecule has 0 aromatic heterocycles. The summed E-state index contributed by atoms with van der Waals surface area (Å²) in [7, 11) is 1.76. The zero-order valence-electron chi connectivity index (χ0n) is 10.8. The van der Waals surface area contributed by atoms with Crippen LogP contribution in [0.2, 0.25) is 5.02 Å². The third kappa shape index (κ3) is 3.57. The minimum Gasteiger partial charge on any atom is -0.313 e. The Morgan fingerprint density at radius 2 is 1.95 bits per heavy atom. The third-order valence-corrected chi connectivity index (χ3v) is 3.94. The van der Waals surface area contributed by atoms with Crippen molar-refractivity contribution in [2.45, 2.75) is 12.5 Å². The summed E-state index contributed by atoms with van der Waals surface area (Å²) in [5.74, 6) is -0.658. The van der Waals surface area contributed by atoms with E-state index in [4.69, 9.17) is 11.6 Å². The standard InChI is InChI=1S/C15H13BrClF2N/c1-20-15(12-4-3-11(18)8-13(12)17)7-9-6-10(16)2-5-14(9)19/h2-6,8,15,20H,7H2,1H3. The summed E-state index contributed by atoms with van der Waals surface area (Å²) < 4.78 is 27.7. The molecule has 106 valence electrons. The summed E-state index contributed by atoms with van der Waals surface area (Å²) in [6.07, 6.45) is 0.424. The Morgan fingerprint density at radius 3 is 2.60 bits per heavy atom. The minimum absolute atomic E-state index is 0.188. The lowest BCUT2D eigenvalue weighted by Gasteiger charge is -2.18. The summed E-state index contributed by atoms with van der Waals surface area (Å²) in [5, 5.41) is 3.42. The predicted octanol–water partition coefficient (Wildman–Crippen LogP) is 4.88. The molecule has 0 heterocycles. The van der Waals surface area contributed by atoms with Crippen molar-refractivity contribution in [2.75, 3.05) is 7.05 Å². The Hall–Kier alpha value is -0.970. The van der Waals surface area contributed by atoms with Crippen molar-refractivity contribution in [1.29, 1.82) is 0 Å². The lowest BCUT2D eigenvalue weighted by molar-refractivity contribution is 0.552. The highest BCUT2D eigenvalue weighted by atomic mass is 79.9. The number of halogens is 4. The Labute approximate surface area is 130 Å². The van der Waals surface area contributed by atoms with Crippen LogP contribution in [0.4, 0.5) is 8.78 Å². The van der Waals surface area contributed by atoms with Gasteiger partial charge in [-0.05, 0) is 54.9 Å². The van der Waals surface area contributed by atoms with Crippen molar-refractivity contribution in [3.63, 3.8) is 0 Å². The SMILES string of the molecule is CNC(Cc1cc(Br)ccc1F)c1ccc(F)cc1Cl. The molecule has 0 fully saturated rings. The maximum atomic E-state index is 13.8. The molecule has 0 aliphatic heterocycles. The maximum Gasteiger partial charge on any atom is 0.126 e. The van der Waals surface area contributed by atoms with Crippen LogP contribution in [0, 0.1) is 11.6 Å². The van der Waals surface area contributed by atoms with Gasteiger partial charge < -0.3 is 5.32 Å². The molecule has 0 bridgehead atoms. The first-order chi connectivity index (χ1) is 9.51. The largest absolute Gasteiger partial charge is 0.313 e. The van der Waals surface area contributed by atoms with Crippen molar-refractivity contribution < 1.29 is 8.78 Å². The van der Waals surface area contributed by atoms with Gasteiger partial charge in [0.15, 0.2) is 0 Å². The zero-order chi connectivity index (χ0) is 14.7. The van der Waals surface area contributed by atoms with Gasteiger partial charge in [0.05, 0.1) is 0 Å². The van der Waals surface area contributed by atoms with Crippen molar-refractivity contribution in [3.05, 3.63) is 68.7 Å². The molecule has 1 nitrogen and oxygen atoms in total. The first kappa shape index (κ1) is 15.4. The van der Waals surface area contributed by atoms with E-state index in [0.29, 0.717) is 17.0 Å². The second-order valence-electron chi connectivity index (χ2n) is 4.45. The smallest absolute Gasteiger partial charge is 0.126 e. The van der Waals surface area contributed by atoms with Gasteiger partial charge in [0.2, 0.25) is 0 Å². The number of benzene rings is 2. The molecule has 2 aromatic carbocycles. The lowest BCUT2D eigenvalue weighted by Crippen LogP contribution is -2.20. The van der Waals surface area contributed by atoms with Crippen molar-refractivity contribution in [1.82, 2.24) is 5.32 Å². The minimum atomic E-state index is -0.387. The van der Waals surface area contributed by atoms with Crippen LogP contribution in [0.25, 0.3) is 0 Å². The first-order valence-corrected chi connectivity index (χ1v) is 7.24. The van der Waals surface area contributed by atoms with Crippen LogP contribution in [-0.4, -0.2) is 7.05 Å². The Bertz CT molecular complexity index is 619. The monoisotopic (exact) mass is 359 g/mol. The molecule has 20 heavy (non-hydrogen) atoms. The first-order valence-electron chi connectivity index (χ1n) is 6.07. The fraction of sp³-hybridized carbons (Fsp3) is 0.200. The van der Waals surface area contributed by atoms with Crippen LogP contribution in [0.3, 0.4) is 0 Å². The summed E-state index contributed by atoms with van der Waals surface area (Å²) in [6.45, 7) is 0. The van der Waals surface area contributed by atoms with E-state index in [1.807, 2.05) is 0 Å². The fourth-order valence-electron chi connectivity index (χ4n) is 2.07.